The van der Waals surface area contributed by atoms with Crippen LogP contribution in [0.5, 0.6) is 0 Å². The summed E-state index contributed by atoms with van der Waals surface area (Å²) in [4.78, 5) is 29.5. The molecule has 1 aliphatic heterocycles. The fourth-order valence-corrected chi connectivity index (χ4v) is 3.79. The number of hydrogen-bond acceptors (Lipinski definition) is 6. The van der Waals surface area contributed by atoms with Crippen LogP contribution in [0.4, 0.5) is 15.0 Å². The van der Waals surface area contributed by atoms with Gasteiger partial charge in [0.1, 0.15) is 5.65 Å². The van der Waals surface area contributed by atoms with Gasteiger partial charge in [0, 0.05) is 43.0 Å². The lowest BCUT2D eigenvalue weighted by Crippen LogP contribution is -2.42. The van der Waals surface area contributed by atoms with Gasteiger partial charge in [0.15, 0.2) is 17.5 Å². The van der Waals surface area contributed by atoms with Gasteiger partial charge >= 0.3 is 6.09 Å². The number of likely N-dealkylation sites (tertiary alicyclic amines) is 1. The first kappa shape index (κ1) is 21.0. The summed E-state index contributed by atoms with van der Waals surface area (Å²) in [6, 6.07) is 1.76. The molecule has 162 valence electrons. The monoisotopic (exact) mass is 444 g/mol. The molecule has 0 aromatic carbocycles. The Morgan fingerprint density at radius 1 is 1.45 bits per heavy atom. The van der Waals surface area contributed by atoms with E-state index in [1.165, 1.54) is 0 Å². The molecule has 0 saturated carbocycles. The second-order valence-corrected chi connectivity index (χ2v) is 7.98. The number of allylic oxidation sites excluding steroid dienone is 1. The van der Waals surface area contributed by atoms with Crippen molar-refractivity contribution in [3.8, 4) is 11.4 Å². The minimum absolute atomic E-state index is 0.107. The van der Waals surface area contributed by atoms with Crippen LogP contribution in [0.1, 0.15) is 19.8 Å². The highest BCUT2D eigenvalue weighted by atomic mass is 35.5. The average Bonchev–Trinajstić information content (AvgIpc) is 3.16. The van der Waals surface area contributed by atoms with E-state index in [2.05, 4.69) is 31.8 Å². The lowest BCUT2D eigenvalue weighted by molar-refractivity contribution is 0.108. The van der Waals surface area contributed by atoms with E-state index in [4.69, 9.17) is 16.3 Å². The Morgan fingerprint density at radius 2 is 2.29 bits per heavy atom. The number of aromatic nitrogens is 4. The van der Waals surface area contributed by atoms with E-state index in [1.54, 1.807) is 30.3 Å². The smallest absolute Gasteiger partial charge is 0.414 e. The van der Waals surface area contributed by atoms with E-state index in [-0.39, 0.29) is 11.7 Å². The van der Waals surface area contributed by atoms with Crippen molar-refractivity contribution in [1.82, 2.24) is 24.8 Å². The molecule has 31 heavy (non-hydrogen) atoms. The van der Waals surface area contributed by atoms with Crippen LogP contribution < -0.4 is 5.32 Å². The second kappa shape index (κ2) is 8.89. The van der Waals surface area contributed by atoms with E-state index in [0.29, 0.717) is 47.5 Å². The number of halogens is 2. The standard InChI is InChI=1S/C21H22ClFN6O2/c1-12(2)31-21(30)29-5-3-4-13(11-29)7-24-20-17(23)10-27-19(28-20)16-9-26-18-15(16)6-14(22)8-25-18/h6,8-10,13H,1,3-5,7,11H2,2H3,(H,25,26)(H,24,27,28)/t13-/m1/s1. The molecule has 4 rings (SSSR count). The molecule has 0 radical (unpaired) electrons. The molecule has 1 fully saturated rings. The molecular weight excluding hydrogens is 423 g/mol. The van der Waals surface area contributed by atoms with Crippen molar-refractivity contribution in [3.63, 3.8) is 0 Å². The summed E-state index contributed by atoms with van der Waals surface area (Å²) in [5, 5.41) is 4.31. The van der Waals surface area contributed by atoms with Crippen LogP contribution in [0.15, 0.2) is 37.0 Å². The Kier molecular flexibility index (Phi) is 6.03. The highest BCUT2D eigenvalue weighted by molar-refractivity contribution is 6.31. The molecule has 0 aliphatic carbocycles. The molecule has 8 nitrogen and oxygen atoms in total. The van der Waals surface area contributed by atoms with Crippen LogP contribution in [0.25, 0.3) is 22.4 Å². The zero-order valence-electron chi connectivity index (χ0n) is 17.0. The Bertz CT molecular complexity index is 1130. The van der Waals surface area contributed by atoms with Crippen molar-refractivity contribution in [2.24, 2.45) is 5.92 Å². The summed E-state index contributed by atoms with van der Waals surface area (Å²) in [6.07, 6.45) is 5.76. The van der Waals surface area contributed by atoms with Crippen LogP contribution in [0.2, 0.25) is 5.02 Å². The van der Waals surface area contributed by atoms with Crippen molar-refractivity contribution in [3.05, 3.63) is 47.8 Å². The minimum Gasteiger partial charge on any atom is -0.416 e. The fourth-order valence-electron chi connectivity index (χ4n) is 3.64. The van der Waals surface area contributed by atoms with Crippen LogP contribution in [0.3, 0.4) is 0 Å². The summed E-state index contributed by atoms with van der Waals surface area (Å²) in [6.45, 7) is 6.84. The lowest BCUT2D eigenvalue weighted by Gasteiger charge is -2.32. The van der Waals surface area contributed by atoms with Gasteiger partial charge in [0.05, 0.1) is 17.0 Å². The molecule has 0 bridgehead atoms. The number of piperidine rings is 1. The first-order valence-corrected chi connectivity index (χ1v) is 10.3. The molecule has 1 atom stereocenters. The van der Waals surface area contributed by atoms with Crippen LogP contribution >= 0.6 is 11.6 Å². The molecule has 0 spiro atoms. The van der Waals surface area contributed by atoms with Crippen molar-refractivity contribution in [2.45, 2.75) is 19.8 Å². The zero-order valence-corrected chi connectivity index (χ0v) is 17.7. The second-order valence-electron chi connectivity index (χ2n) is 7.55. The average molecular weight is 445 g/mol. The largest absolute Gasteiger partial charge is 0.416 e. The van der Waals surface area contributed by atoms with Crippen LogP contribution in [-0.2, 0) is 4.74 Å². The first-order valence-electron chi connectivity index (χ1n) is 9.92. The molecule has 3 aromatic heterocycles. The predicted molar refractivity (Wildman–Crippen MR) is 116 cm³/mol. The number of nitrogens with zero attached hydrogens (tertiary/aromatic N) is 4. The van der Waals surface area contributed by atoms with E-state index in [1.807, 2.05) is 0 Å². The SMILES string of the molecule is C=C(C)OC(=O)N1CCC[C@H](CNc2nc(-c3c[nH]c4ncc(Cl)cc34)ncc2F)C1. The normalized spacial score (nSPS) is 16.4. The van der Waals surface area contributed by atoms with Crippen molar-refractivity contribution in [2.75, 3.05) is 25.0 Å². The number of carbonyl (C=O) groups is 1. The lowest BCUT2D eigenvalue weighted by atomic mass is 9.98. The Balaban J connectivity index is 1.47. The number of fused-ring (bicyclic) bond motifs is 1. The van der Waals surface area contributed by atoms with Gasteiger partial charge in [-0.05, 0) is 31.7 Å². The quantitative estimate of drug-likeness (QED) is 0.558. The van der Waals surface area contributed by atoms with Crippen molar-refractivity contribution in [1.29, 1.82) is 0 Å². The summed E-state index contributed by atoms with van der Waals surface area (Å²) in [5.41, 5.74) is 1.32. The molecule has 1 saturated heterocycles. The fraction of sp³-hybridized carbons (Fsp3) is 0.333. The number of hydrogen-bond donors (Lipinski definition) is 2. The number of pyridine rings is 1. The molecule has 1 aliphatic rings. The van der Waals surface area contributed by atoms with Gasteiger partial charge in [-0.2, -0.15) is 0 Å². The summed E-state index contributed by atoms with van der Waals surface area (Å²) < 4.78 is 19.5. The Labute approximate surface area is 183 Å². The van der Waals surface area contributed by atoms with Crippen molar-refractivity contribution < 1.29 is 13.9 Å². The van der Waals surface area contributed by atoms with Gasteiger partial charge in [0.25, 0.3) is 0 Å². The Morgan fingerprint density at radius 3 is 3.10 bits per heavy atom. The van der Waals surface area contributed by atoms with Gasteiger partial charge in [-0.3, -0.25) is 0 Å². The molecule has 3 aromatic rings. The highest BCUT2D eigenvalue weighted by Gasteiger charge is 2.25. The topological polar surface area (TPSA) is 96.0 Å². The molecule has 1 amide bonds. The molecule has 2 N–H and O–H groups in total. The van der Waals surface area contributed by atoms with Gasteiger partial charge in [-0.1, -0.05) is 18.2 Å². The first-order chi connectivity index (χ1) is 14.9. The van der Waals surface area contributed by atoms with Gasteiger partial charge in [-0.15, -0.1) is 0 Å². The predicted octanol–water partition coefficient (Wildman–Crippen LogP) is 4.61. The van der Waals surface area contributed by atoms with E-state index < -0.39 is 11.9 Å². The molecule has 0 unspecified atom stereocenters. The molecular formula is C21H22ClFN6O2. The minimum atomic E-state index is -0.547. The maximum absolute atomic E-state index is 14.4. The van der Waals surface area contributed by atoms with E-state index >= 15 is 0 Å². The summed E-state index contributed by atoms with van der Waals surface area (Å²) in [5.74, 6) is 0.412. The van der Waals surface area contributed by atoms with Crippen molar-refractivity contribution >= 4 is 34.5 Å². The number of ether oxygens (including phenoxy) is 1. The van der Waals surface area contributed by atoms with Gasteiger partial charge in [-0.25, -0.2) is 24.1 Å². The van der Waals surface area contributed by atoms with Gasteiger partial charge in [0.2, 0.25) is 0 Å². The molecule has 10 heteroatoms. The maximum atomic E-state index is 14.4. The van der Waals surface area contributed by atoms with Gasteiger partial charge < -0.3 is 19.9 Å². The van der Waals surface area contributed by atoms with Crippen LogP contribution in [-0.4, -0.2) is 50.6 Å². The number of anilines is 1. The number of carbonyl (C=O) groups excluding carboxylic acids is 1. The van der Waals surface area contributed by atoms with E-state index in [0.717, 1.165) is 24.4 Å². The number of aromatic amines is 1. The Hall–Kier alpha value is -3.20. The van der Waals surface area contributed by atoms with Crippen LogP contribution in [0, 0.1) is 11.7 Å². The maximum Gasteiger partial charge on any atom is 0.414 e. The summed E-state index contributed by atoms with van der Waals surface area (Å²) in [7, 11) is 0. The third-order valence-electron chi connectivity index (χ3n) is 5.08. The number of rotatable bonds is 5. The van der Waals surface area contributed by atoms with E-state index in [9.17, 15) is 9.18 Å². The highest BCUT2D eigenvalue weighted by Crippen LogP contribution is 2.28. The molecule has 4 heterocycles. The third kappa shape index (κ3) is 4.77. The number of nitrogens with one attached hydrogen (secondary N) is 2. The third-order valence-corrected chi connectivity index (χ3v) is 5.29. The number of amides is 1. The number of H-pyrrole nitrogens is 1. The summed E-state index contributed by atoms with van der Waals surface area (Å²) >= 11 is 6.06. The zero-order chi connectivity index (χ0) is 22.0.